The molecule has 2 aromatic heterocycles. The highest BCUT2D eigenvalue weighted by Gasteiger charge is 2.22. The summed E-state index contributed by atoms with van der Waals surface area (Å²) in [6.07, 6.45) is 11.6. The van der Waals surface area contributed by atoms with Crippen molar-refractivity contribution in [1.82, 2.24) is 15.0 Å². The first kappa shape index (κ1) is 18.7. The van der Waals surface area contributed by atoms with E-state index in [1.165, 1.54) is 38.5 Å². The Bertz CT molecular complexity index is 846. The van der Waals surface area contributed by atoms with E-state index < -0.39 is 5.92 Å². The van der Waals surface area contributed by atoms with Crippen molar-refractivity contribution in [2.75, 3.05) is 10.6 Å². The van der Waals surface area contributed by atoms with E-state index in [9.17, 15) is 5.26 Å². The van der Waals surface area contributed by atoms with Crippen molar-refractivity contribution < 1.29 is 0 Å². The number of nitrogens with one attached hydrogen (secondary N) is 2. The van der Waals surface area contributed by atoms with E-state index in [0.29, 0.717) is 18.0 Å². The number of nitrogens with zero attached hydrogens (tertiary/aromatic N) is 4. The minimum atomic E-state index is -0.502. The number of aryl methyl sites for hydroxylation is 1. The maximum absolute atomic E-state index is 9.92. The molecule has 28 heavy (non-hydrogen) atoms. The second-order valence-electron chi connectivity index (χ2n) is 8.02. The zero-order valence-electron chi connectivity index (χ0n) is 16.5. The lowest BCUT2D eigenvalue weighted by atomic mass is 9.99. The largest absolute Gasteiger partial charge is 0.367 e. The van der Waals surface area contributed by atoms with Gasteiger partial charge in [-0.25, -0.2) is 15.0 Å². The lowest BCUT2D eigenvalue weighted by molar-refractivity contribution is 0.738. The number of aromatic nitrogens is 3. The highest BCUT2D eigenvalue weighted by atomic mass is 15.1. The van der Waals surface area contributed by atoms with Crippen molar-refractivity contribution in [2.45, 2.75) is 76.3 Å². The van der Waals surface area contributed by atoms with Gasteiger partial charge in [0.15, 0.2) is 0 Å². The number of anilines is 2. The fraction of sp³-hybridized carbons (Fsp3) is 0.545. The average molecular weight is 377 g/mol. The maximum atomic E-state index is 9.92. The first-order chi connectivity index (χ1) is 13.7. The van der Waals surface area contributed by atoms with Gasteiger partial charge < -0.3 is 10.6 Å². The highest BCUT2D eigenvalue weighted by Crippen LogP contribution is 2.28. The number of hydrogen-bond acceptors (Lipinski definition) is 6. The van der Waals surface area contributed by atoms with Gasteiger partial charge in [-0.2, -0.15) is 5.26 Å². The molecule has 2 fully saturated rings. The molecule has 2 aromatic rings. The van der Waals surface area contributed by atoms with Crippen LogP contribution in [0.5, 0.6) is 0 Å². The molecule has 6 heteroatoms. The molecule has 0 bridgehead atoms. The minimum absolute atomic E-state index is 0.438. The van der Waals surface area contributed by atoms with Crippen LogP contribution in [0.25, 0.3) is 0 Å². The minimum Gasteiger partial charge on any atom is -0.367 e. The molecule has 2 saturated carbocycles. The van der Waals surface area contributed by atoms with Crippen LogP contribution in [0.2, 0.25) is 0 Å². The van der Waals surface area contributed by atoms with E-state index >= 15 is 0 Å². The fourth-order valence-corrected chi connectivity index (χ4v) is 4.31. The van der Waals surface area contributed by atoms with E-state index in [1.54, 1.807) is 0 Å². The van der Waals surface area contributed by atoms with Crippen molar-refractivity contribution in [3.05, 3.63) is 41.3 Å². The van der Waals surface area contributed by atoms with Gasteiger partial charge in [0.05, 0.1) is 17.5 Å². The predicted octanol–water partition coefficient (Wildman–Crippen LogP) is 4.54. The summed E-state index contributed by atoms with van der Waals surface area (Å²) in [6, 6.07) is 9.21. The van der Waals surface area contributed by atoms with E-state index in [2.05, 4.69) is 21.7 Å². The predicted molar refractivity (Wildman–Crippen MR) is 110 cm³/mol. The van der Waals surface area contributed by atoms with Gasteiger partial charge in [0.25, 0.3) is 0 Å². The topological polar surface area (TPSA) is 86.5 Å². The third-order valence-electron chi connectivity index (χ3n) is 5.88. The zero-order valence-corrected chi connectivity index (χ0v) is 16.5. The Kier molecular flexibility index (Phi) is 5.70. The van der Waals surface area contributed by atoms with Crippen LogP contribution in [0.1, 0.15) is 74.2 Å². The van der Waals surface area contributed by atoms with Crippen LogP contribution in [0.15, 0.2) is 24.4 Å². The summed E-state index contributed by atoms with van der Waals surface area (Å²) in [5.41, 5.74) is 2.39. The van der Waals surface area contributed by atoms with E-state index in [-0.39, 0.29) is 0 Å². The SMILES string of the molecule is Cc1cnc(NC2CCCC2)nc1C(C#N)c1cccc(NC2CCCC2)n1. The summed E-state index contributed by atoms with van der Waals surface area (Å²) in [6.45, 7) is 1.96. The van der Waals surface area contributed by atoms with E-state index in [4.69, 9.17) is 9.97 Å². The number of pyridine rings is 1. The van der Waals surface area contributed by atoms with Crippen LogP contribution in [-0.4, -0.2) is 27.0 Å². The van der Waals surface area contributed by atoms with Gasteiger partial charge in [-0.05, 0) is 50.3 Å². The normalized spacial score (nSPS) is 18.7. The van der Waals surface area contributed by atoms with Crippen LogP contribution in [0, 0.1) is 18.3 Å². The molecule has 0 radical (unpaired) electrons. The van der Waals surface area contributed by atoms with Gasteiger partial charge in [-0.3, -0.25) is 0 Å². The molecule has 0 spiro atoms. The first-order valence-electron chi connectivity index (χ1n) is 10.5. The summed E-state index contributed by atoms with van der Waals surface area (Å²) < 4.78 is 0. The van der Waals surface area contributed by atoms with Gasteiger partial charge in [0.2, 0.25) is 5.95 Å². The summed E-state index contributed by atoms with van der Waals surface area (Å²) in [7, 11) is 0. The van der Waals surface area contributed by atoms with Crippen molar-refractivity contribution in [3.63, 3.8) is 0 Å². The quantitative estimate of drug-likeness (QED) is 0.769. The molecule has 2 N–H and O–H groups in total. The Labute approximate surface area is 166 Å². The number of rotatable bonds is 6. The van der Waals surface area contributed by atoms with Crippen molar-refractivity contribution in [3.8, 4) is 6.07 Å². The van der Waals surface area contributed by atoms with Crippen molar-refractivity contribution >= 4 is 11.8 Å². The Hall–Kier alpha value is -2.68. The Morgan fingerprint density at radius 1 is 1.00 bits per heavy atom. The Morgan fingerprint density at radius 3 is 2.36 bits per heavy atom. The molecule has 2 aliphatic rings. The number of nitriles is 1. The van der Waals surface area contributed by atoms with Crippen molar-refractivity contribution in [1.29, 1.82) is 5.26 Å². The molecule has 0 amide bonds. The van der Waals surface area contributed by atoms with Gasteiger partial charge >= 0.3 is 0 Å². The summed E-state index contributed by atoms with van der Waals surface area (Å²) >= 11 is 0. The molecule has 0 aromatic carbocycles. The summed E-state index contributed by atoms with van der Waals surface area (Å²) in [4.78, 5) is 13.9. The van der Waals surface area contributed by atoms with Crippen LogP contribution >= 0.6 is 0 Å². The molecule has 4 rings (SSSR count). The summed E-state index contributed by atoms with van der Waals surface area (Å²) in [5, 5.41) is 16.9. The average Bonchev–Trinajstić information content (AvgIpc) is 3.39. The summed E-state index contributed by atoms with van der Waals surface area (Å²) in [5.74, 6) is 0.964. The Balaban J connectivity index is 1.57. The van der Waals surface area contributed by atoms with Crippen LogP contribution < -0.4 is 10.6 Å². The second-order valence-corrected chi connectivity index (χ2v) is 8.02. The second kappa shape index (κ2) is 8.55. The third-order valence-corrected chi connectivity index (χ3v) is 5.88. The number of hydrogen-bond donors (Lipinski definition) is 2. The molecule has 146 valence electrons. The smallest absolute Gasteiger partial charge is 0.223 e. The third kappa shape index (κ3) is 4.24. The van der Waals surface area contributed by atoms with Crippen LogP contribution in [0.3, 0.4) is 0 Å². The molecule has 0 aliphatic heterocycles. The van der Waals surface area contributed by atoms with Gasteiger partial charge in [0.1, 0.15) is 11.7 Å². The Morgan fingerprint density at radius 2 is 1.68 bits per heavy atom. The lowest BCUT2D eigenvalue weighted by Gasteiger charge is -2.17. The van der Waals surface area contributed by atoms with Gasteiger partial charge in [0, 0.05) is 18.3 Å². The van der Waals surface area contributed by atoms with E-state index in [1.807, 2.05) is 31.3 Å². The fourth-order valence-electron chi connectivity index (χ4n) is 4.31. The molecule has 2 aliphatic carbocycles. The monoisotopic (exact) mass is 376 g/mol. The first-order valence-corrected chi connectivity index (χ1v) is 10.5. The standard InChI is InChI=1S/C22H28N6/c1-15-14-24-22(26-17-9-4-5-10-17)28-21(15)18(13-23)19-11-6-12-20(27-19)25-16-7-2-3-8-16/h6,11-12,14,16-18H,2-5,7-10H2,1H3,(H,25,27)(H,24,26,28). The van der Waals surface area contributed by atoms with Crippen LogP contribution in [0.4, 0.5) is 11.8 Å². The molecular formula is C22H28N6. The molecule has 1 atom stereocenters. The maximum Gasteiger partial charge on any atom is 0.223 e. The van der Waals surface area contributed by atoms with Gasteiger partial charge in [-0.15, -0.1) is 0 Å². The zero-order chi connectivity index (χ0) is 19.3. The van der Waals surface area contributed by atoms with Gasteiger partial charge in [-0.1, -0.05) is 31.7 Å². The van der Waals surface area contributed by atoms with Crippen LogP contribution in [-0.2, 0) is 0 Å². The molecule has 2 heterocycles. The highest BCUT2D eigenvalue weighted by molar-refractivity contribution is 5.43. The molecule has 0 saturated heterocycles. The lowest BCUT2D eigenvalue weighted by Crippen LogP contribution is -2.18. The van der Waals surface area contributed by atoms with E-state index in [0.717, 1.165) is 35.6 Å². The molecule has 6 nitrogen and oxygen atoms in total. The van der Waals surface area contributed by atoms with Crippen molar-refractivity contribution in [2.24, 2.45) is 0 Å². The molecular weight excluding hydrogens is 348 g/mol. The molecule has 1 unspecified atom stereocenters.